The Hall–Kier alpha value is -5.33. The maximum absolute atomic E-state index is 13.7. The number of nitriles is 1. The first-order valence-electron chi connectivity index (χ1n) is 11.7. The van der Waals surface area contributed by atoms with Crippen molar-refractivity contribution in [3.63, 3.8) is 0 Å². The molecule has 2 aromatic heterocycles. The Morgan fingerprint density at radius 3 is 2.41 bits per heavy atom. The maximum atomic E-state index is 13.7. The van der Waals surface area contributed by atoms with E-state index in [9.17, 15) is 19.2 Å². The Morgan fingerprint density at radius 1 is 0.974 bits per heavy atom. The van der Waals surface area contributed by atoms with Crippen LogP contribution in [-0.2, 0) is 4.79 Å². The molecule has 1 amide bonds. The van der Waals surface area contributed by atoms with Crippen LogP contribution in [-0.4, -0.2) is 15.5 Å². The van der Waals surface area contributed by atoms with Gasteiger partial charge in [0, 0.05) is 6.20 Å². The molecule has 0 aliphatic heterocycles. The Bertz CT molecular complexity index is 1860. The van der Waals surface area contributed by atoms with E-state index in [1.807, 2.05) is 24.3 Å². The van der Waals surface area contributed by atoms with Crippen molar-refractivity contribution < 1.29 is 13.9 Å². The number of rotatable bonds is 6. The third kappa shape index (κ3) is 5.66. The van der Waals surface area contributed by atoms with Crippen LogP contribution in [0.15, 0.2) is 108 Å². The highest BCUT2D eigenvalue weighted by molar-refractivity contribution is 7.07. The minimum atomic E-state index is -0.733. The number of hydrogen-bond acceptors (Lipinski definition) is 6. The summed E-state index contributed by atoms with van der Waals surface area (Å²) in [6, 6.07) is 28.3. The summed E-state index contributed by atoms with van der Waals surface area (Å²) in [5, 5.41) is 12.8. The number of thiazole rings is 1. The zero-order valence-corrected chi connectivity index (χ0v) is 21.1. The molecule has 3 aromatic carbocycles. The van der Waals surface area contributed by atoms with Gasteiger partial charge in [-0.2, -0.15) is 5.26 Å². The van der Waals surface area contributed by atoms with Crippen LogP contribution in [0.2, 0.25) is 0 Å². The smallest absolute Gasteiger partial charge is 0.273 e. The van der Waals surface area contributed by atoms with Crippen LogP contribution in [0.1, 0.15) is 5.69 Å². The van der Waals surface area contributed by atoms with Crippen LogP contribution in [0.4, 0.5) is 10.1 Å². The quantitative estimate of drug-likeness (QED) is 0.349. The number of para-hydroxylation sites is 3. The lowest BCUT2D eigenvalue weighted by molar-refractivity contribution is -0.111. The van der Waals surface area contributed by atoms with E-state index in [2.05, 4.69) is 10.3 Å². The standard InChI is InChI=1S/C30H19FN4O3S/c31-20-13-15-22(16-14-20)35-29(37)27(18-21-8-6-7-17-33-21)39-30(35)24(19-32)28(36)34-25-11-4-5-12-26(25)38-23-9-2-1-3-10-23/h1-18H,(H,34,36). The molecular weight excluding hydrogens is 515 g/mol. The number of nitrogens with zero attached hydrogens (tertiary/aromatic N) is 3. The molecule has 190 valence electrons. The summed E-state index contributed by atoms with van der Waals surface area (Å²) in [5.41, 5.74) is 0.411. The van der Waals surface area contributed by atoms with E-state index in [-0.39, 0.29) is 14.8 Å². The van der Waals surface area contributed by atoms with Crippen LogP contribution in [0.3, 0.4) is 0 Å². The summed E-state index contributed by atoms with van der Waals surface area (Å²) in [4.78, 5) is 31.2. The molecule has 0 fully saturated rings. The molecule has 0 radical (unpaired) electrons. The molecule has 0 spiro atoms. The Balaban J connectivity index is 1.63. The maximum Gasteiger partial charge on any atom is 0.273 e. The highest BCUT2D eigenvalue weighted by Gasteiger charge is 2.19. The molecule has 1 N–H and O–H groups in total. The van der Waals surface area contributed by atoms with E-state index in [1.165, 1.54) is 28.8 Å². The summed E-state index contributed by atoms with van der Waals surface area (Å²) < 4.78 is 21.1. The molecule has 39 heavy (non-hydrogen) atoms. The van der Waals surface area contributed by atoms with Gasteiger partial charge < -0.3 is 10.1 Å². The van der Waals surface area contributed by atoms with E-state index in [1.54, 1.807) is 66.9 Å². The number of hydrogen-bond donors (Lipinski definition) is 1. The van der Waals surface area contributed by atoms with E-state index in [4.69, 9.17) is 4.74 Å². The average Bonchev–Trinajstić information content (AvgIpc) is 3.27. The van der Waals surface area contributed by atoms with Crippen molar-refractivity contribution in [3.05, 3.63) is 134 Å². The van der Waals surface area contributed by atoms with Gasteiger partial charge in [-0.1, -0.05) is 36.4 Å². The normalized spacial score (nSPS) is 11.9. The third-order valence-corrected chi connectivity index (χ3v) is 6.63. The van der Waals surface area contributed by atoms with Crippen molar-refractivity contribution >= 4 is 34.6 Å². The van der Waals surface area contributed by atoms with Gasteiger partial charge in [-0.3, -0.25) is 19.1 Å². The van der Waals surface area contributed by atoms with Gasteiger partial charge in [-0.05, 0) is 66.7 Å². The fraction of sp³-hybridized carbons (Fsp3) is 0. The first-order chi connectivity index (χ1) is 19.0. The van der Waals surface area contributed by atoms with E-state index in [0.717, 1.165) is 11.3 Å². The Morgan fingerprint density at radius 2 is 1.69 bits per heavy atom. The van der Waals surface area contributed by atoms with Crippen LogP contribution in [0.25, 0.3) is 17.3 Å². The second-order valence-corrected chi connectivity index (χ2v) is 9.17. The SMILES string of the molecule is N#CC(C(=O)Nc1ccccc1Oc1ccccc1)=c1sc(=Cc2ccccn2)c(=O)n1-c1ccc(F)cc1. The van der Waals surface area contributed by atoms with Crippen molar-refractivity contribution in [2.45, 2.75) is 0 Å². The molecule has 0 aliphatic carbocycles. The van der Waals surface area contributed by atoms with Gasteiger partial charge in [0.05, 0.1) is 21.6 Å². The van der Waals surface area contributed by atoms with Crippen molar-refractivity contribution in [1.29, 1.82) is 5.26 Å². The minimum Gasteiger partial charge on any atom is -0.455 e. The average molecular weight is 535 g/mol. The molecule has 2 heterocycles. The molecule has 5 aromatic rings. The molecule has 0 bridgehead atoms. The number of carbonyl (C=O) groups is 1. The number of nitrogens with one attached hydrogen (secondary N) is 1. The van der Waals surface area contributed by atoms with Gasteiger partial charge in [-0.15, -0.1) is 11.3 Å². The van der Waals surface area contributed by atoms with E-state index >= 15 is 0 Å². The summed E-state index contributed by atoms with van der Waals surface area (Å²) in [6.07, 6.45) is 3.17. The summed E-state index contributed by atoms with van der Waals surface area (Å²) >= 11 is 0.968. The van der Waals surface area contributed by atoms with Crippen molar-refractivity contribution in [2.75, 3.05) is 5.32 Å². The number of halogens is 1. The van der Waals surface area contributed by atoms with E-state index in [0.29, 0.717) is 28.6 Å². The van der Waals surface area contributed by atoms with Crippen molar-refractivity contribution in [3.8, 4) is 23.3 Å². The minimum absolute atomic E-state index is 0.0928. The summed E-state index contributed by atoms with van der Waals surface area (Å²) in [5.74, 6) is -0.272. The zero-order chi connectivity index (χ0) is 27.2. The first-order valence-corrected chi connectivity index (χ1v) is 12.5. The molecule has 0 saturated carbocycles. The molecule has 0 saturated heterocycles. The van der Waals surface area contributed by atoms with E-state index < -0.39 is 17.3 Å². The number of ether oxygens (including phenoxy) is 1. The van der Waals surface area contributed by atoms with Gasteiger partial charge in [0.2, 0.25) is 0 Å². The van der Waals surface area contributed by atoms with Crippen LogP contribution in [0.5, 0.6) is 11.5 Å². The molecule has 0 unspecified atom stereocenters. The van der Waals surface area contributed by atoms with Gasteiger partial charge >= 0.3 is 0 Å². The van der Waals surface area contributed by atoms with Crippen LogP contribution in [0, 0.1) is 17.1 Å². The number of amides is 1. The number of aromatic nitrogens is 2. The third-order valence-electron chi connectivity index (χ3n) is 5.53. The topological polar surface area (TPSA) is 97.0 Å². The number of anilines is 1. The predicted octanol–water partition coefficient (Wildman–Crippen LogP) is 4.37. The summed E-state index contributed by atoms with van der Waals surface area (Å²) in [7, 11) is 0. The molecule has 7 nitrogen and oxygen atoms in total. The molecule has 0 aliphatic rings. The fourth-order valence-corrected chi connectivity index (χ4v) is 4.81. The second-order valence-electron chi connectivity index (χ2n) is 8.14. The Labute approximate surface area is 226 Å². The van der Waals surface area contributed by atoms with Gasteiger partial charge in [0.1, 0.15) is 22.3 Å². The first kappa shape index (κ1) is 25.3. The lowest BCUT2D eigenvalue weighted by Crippen LogP contribution is -2.32. The number of carbonyl (C=O) groups excluding carboxylic acids is 1. The lowest BCUT2D eigenvalue weighted by Gasteiger charge is -2.12. The molecule has 0 atom stereocenters. The van der Waals surface area contributed by atoms with Gasteiger partial charge in [-0.25, -0.2) is 4.39 Å². The van der Waals surface area contributed by atoms with Crippen LogP contribution >= 0.6 is 11.3 Å². The number of benzene rings is 3. The largest absolute Gasteiger partial charge is 0.455 e. The fourth-order valence-electron chi connectivity index (χ4n) is 3.73. The van der Waals surface area contributed by atoms with Gasteiger partial charge in [0.25, 0.3) is 11.5 Å². The van der Waals surface area contributed by atoms with Crippen molar-refractivity contribution in [2.24, 2.45) is 0 Å². The molecule has 5 rings (SSSR count). The summed E-state index contributed by atoms with van der Waals surface area (Å²) in [6.45, 7) is 0. The second kappa shape index (κ2) is 11.4. The Kier molecular flexibility index (Phi) is 7.39. The highest BCUT2D eigenvalue weighted by Crippen LogP contribution is 2.29. The molecular formula is C30H19FN4O3S. The number of pyridine rings is 1. The monoisotopic (exact) mass is 534 g/mol. The zero-order valence-electron chi connectivity index (χ0n) is 20.2. The van der Waals surface area contributed by atoms with Crippen LogP contribution < -0.4 is 24.8 Å². The predicted molar refractivity (Wildman–Crippen MR) is 148 cm³/mol. The van der Waals surface area contributed by atoms with Gasteiger partial charge in [0.15, 0.2) is 11.3 Å². The molecule has 9 heteroatoms. The lowest BCUT2D eigenvalue weighted by atomic mass is 10.2. The highest BCUT2D eigenvalue weighted by atomic mass is 32.1. The van der Waals surface area contributed by atoms with Crippen molar-refractivity contribution in [1.82, 2.24) is 9.55 Å².